The molecule has 3 heteroatoms. The minimum absolute atomic E-state index is 0.445. The van der Waals surface area contributed by atoms with Gasteiger partial charge in [-0.1, -0.05) is 13.8 Å². The molecular formula is C16H25N3. The zero-order chi connectivity index (χ0) is 13.4. The van der Waals surface area contributed by atoms with Gasteiger partial charge < -0.3 is 0 Å². The van der Waals surface area contributed by atoms with Crippen LogP contribution in [0.3, 0.4) is 0 Å². The monoisotopic (exact) mass is 259 g/mol. The van der Waals surface area contributed by atoms with Gasteiger partial charge in [0.25, 0.3) is 0 Å². The van der Waals surface area contributed by atoms with Gasteiger partial charge in [-0.2, -0.15) is 0 Å². The van der Waals surface area contributed by atoms with E-state index in [0.29, 0.717) is 17.9 Å². The van der Waals surface area contributed by atoms with Crippen LogP contribution in [0.15, 0.2) is 6.07 Å². The molecule has 1 aliphatic heterocycles. The maximum absolute atomic E-state index is 4.87. The summed E-state index contributed by atoms with van der Waals surface area (Å²) in [6, 6.07) is 2.68. The lowest BCUT2D eigenvalue weighted by molar-refractivity contribution is 0.257. The summed E-state index contributed by atoms with van der Waals surface area (Å²) in [5.74, 6) is 2.24. The number of rotatable bonds is 4. The van der Waals surface area contributed by atoms with Gasteiger partial charge in [0.1, 0.15) is 5.82 Å². The highest BCUT2D eigenvalue weighted by molar-refractivity contribution is 5.20. The topological polar surface area (TPSA) is 29.0 Å². The summed E-state index contributed by atoms with van der Waals surface area (Å²) in [5, 5.41) is 0. The molecule has 1 unspecified atom stereocenters. The molecule has 3 nitrogen and oxygen atoms in total. The van der Waals surface area contributed by atoms with Gasteiger partial charge in [-0.15, -0.1) is 0 Å². The molecule has 2 aliphatic rings. The number of aromatic nitrogens is 2. The van der Waals surface area contributed by atoms with E-state index in [-0.39, 0.29) is 0 Å². The van der Waals surface area contributed by atoms with Gasteiger partial charge in [0.05, 0.1) is 5.69 Å². The lowest BCUT2D eigenvalue weighted by Crippen LogP contribution is -2.24. The Kier molecular flexibility index (Phi) is 3.57. The Balaban J connectivity index is 1.89. The molecule has 1 aromatic heterocycles. The molecule has 19 heavy (non-hydrogen) atoms. The van der Waals surface area contributed by atoms with Crippen LogP contribution in [0.5, 0.6) is 0 Å². The summed E-state index contributed by atoms with van der Waals surface area (Å²) < 4.78 is 0. The molecule has 0 aromatic carbocycles. The SMILES string of the molecule is CC(C)c1cc(C(C)N2CCCC2)nc(C2CC2)n1. The molecule has 1 saturated heterocycles. The second kappa shape index (κ2) is 5.20. The predicted octanol–water partition coefficient (Wildman–Crippen LogP) is 3.63. The number of hydrogen-bond acceptors (Lipinski definition) is 3. The van der Waals surface area contributed by atoms with E-state index < -0.39 is 0 Å². The van der Waals surface area contributed by atoms with Crippen molar-refractivity contribution in [3.05, 3.63) is 23.3 Å². The minimum atomic E-state index is 0.445. The summed E-state index contributed by atoms with van der Waals surface area (Å²) in [6.07, 6.45) is 5.22. The van der Waals surface area contributed by atoms with Gasteiger partial charge in [-0.25, -0.2) is 9.97 Å². The standard InChI is InChI=1S/C16H25N3/c1-11(2)14-10-15(12(3)19-8-4-5-9-19)18-16(17-14)13-6-7-13/h10-13H,4-9H2,1-3H3. The van der Waals surface area contributed by atoms with Crippen molar-refractivity contribution in [2.45, 2.75) is 64.3 Å². The molecule has 0 N–H and O–H groups in total. The van der Waals surface area contributed by atoms with Crippen molar-refractivity contribution in [2.75, 3.05) is 13.1 Å². The summed E-state index contributed by atoms with van der Waals surface area (Å²) >= 11 is 0. The Morgan fingerprint density at radius 2 is 1.68 bits per heavy atom. The average Bonchev–Trinajstić information content (AvgIpc) is 3.12. The van der Waals surface area contributed by atoms with E-state index >= 15 is 0 Å². The molecule has 0 spiro atoms. The summed E-state index contributed by atoms with van der Waals surface area (Å²) in [7, 11) is 0. The van der Waals surface area contributed by atoms with E-state index in [1.54, 1.807) is 0 Å². The van der Waals surface area contributed by atoms with Gasteiger partial charge >= 0.3 is 0 Å². The normalized spacial score (nSPS) is 22.1. The highest BCUT2D eigenvalue weighted by atomic mass is 15.2. The Bertz CT molecular complexity index is 425. The molecule has 0 radical (unpaired) electrons. The van der Waals surface area contributed by atoms with Crippen molar-refractivity contribution >= 4 is 0 Å². The first-order valence-electron chi connectivity index (χ1n) is 7.78. The van der Waals surface area contributed by atoms with Crippen LogP contribution in [0.25, 0.3) is 0 Å². The van der Waals surface area contributed by atoms with Crippen molar-refractivity contribution in [2.24, 2.45) is 0 Å². The van der Waals surface area contributed by atoms with Crippen LogP contribution in [-0.2, 0) is 0 Å². The summed E-state index contributed by atoms with van der Waals surface area (Å²) in [6.45, 7) is 9.20. The van der Waals surface area contributed by atoms with Gasteiger partial charge in [0.2, 0.25) is 0 Å². The van der Waals surface area contributed by atoms with E-state index in [2.05, 4.69) is 31.7 Å². The van der Waals surface area contributed by atoms with Crippen molar-refractivity contribution in [3.8, 4) is 0 Å². The van der Waals surface area contributed by atoms with Gasteiger partial charge in [-0.3, -0.25) is 4.90 Å². The summed E-state index contributed by atoms with van der Waals surface area (Å²) in [5.41, 5.74) is 2.46. The zero-order valence-corrected chi connectivity index (χ0v) is 12.4. The fraction of sp³-hybridized carbons (Fsp3) is 0.750. The summed E-state index contributed by atoms with van der Waals surface area (Å²) in [4.78, 5) is 12.2. The van der Waals surface area contributed by atoms with E-state index in [0.717, 1.165) is 5.82 Å². The van der Waals surface area contributed by atoms with Crippen LogP contribution in [0.4, 0.5) is 0 Å². The molecule has 0 amide bonds. The minimum Gasteiger partial charge on any atom is -0.295 e. The first-order chi connectivity index (χ1) is 9.15. The third kappa shape index (κ3) is 2.81. The molecule has 1 aliphatic carbocycles. The number of nitrogens with zero attached hydrogens (tertiary/aromatic N) is 3. The maximum Gasteiger partial charge on any atom is 0.132 e. The maximum atomic E-state index is 4.87. The fourth-order valence-electron chi connectivity index (χ4n) is 2.86. The number of hydrogen-bond donors (Lipinski definition) is 0. The second-order valence-corrected chi connectivity index (χ2v) is 6.42. The van der Waals surface area contributed by atoms with Crippen molar-refractivity contribution in [1.82, 2.24) is 14.9 Å². The fourth-order valence-corrected chi connectivity index (χ4v) is 2.86. The van der Waals surface area contributed by atoms with Crippen molar-refractivity contribution < 1.29 is 0 Å². The molecule has 3 rings (SSSR count). The van der Waals surface area contributed by atoms with Gasteiger partial charge in [0, 0.05) is 17.7 Å². The largest absolute Gasteiger partial charge is 0.295 e. The smallest absolute Gasteiger partial charge is 0.132 e. The van der Waals surface area contributed by atoms with Crippen LogP contribution >= 0.6 is 0 Å². The lowest BCUT2D eigenvalue weighted by Gasteiger charge is -2.24. The molecule has 1 saturated carbocycles. The van der Waals surface area contributed by atoms with E-state index in [1.807, 2.05) is 0 Å². The van der Waals surface area contributed by atoms with Crippen LogP contribution in [0.2, 0.25) is 0 Å². The Morgan fingerprint density at radius 1 is 1.05 bits per heavy atom. The van der Waals surface area contributed by atoms with E-state index in [4.69, 9.17) is 9.97 Å². The second-order valence-electron chi connectivity index (χ2n) is 6.42. The third-order valence-corrected chi connectivity index (χ3v) is 4.43. The lowest BCUT2D eigenvalue weighted by atomic mass is 10.1. The molecular weight excluding hydrogens is 234 g/mol. The third-order valence-electron chi connectivity index (χ3n) is 4.43. The van der Waals surface area contributed by atoms with Crippen LogP contribution in [0, 0.1) is 0 Å². The Morgan fingerprint density at radius 3 is 2.26 bits per heavy atom. The van der Waals surface area contributed by atoms with Gasteiger partial charge in [0.15, 0.2) is 0 Å². The van der Waals surface area contributed by atoms with Crippen LogP contribution in [-0.4, -0.2) is 28.0 Å². The molecule has 1 aromatic rings. The quantitative estimate of drug-likeness (QED) is 0.826. The van der Waals surface area contributed by atoms with Crippen LogP contribution < -0.4 is 0 Å². The molecule has 2 heterocycles. The van der Waals surface area contributed by atoms with Crippen molar-refractivity contribution in [1.29, 1.82) is 0 Å². The molecule has 104 valence electrons. The molecule has 0 bridgehead atoms. The predicted molar refractivity (Wildman–Crippen MR) is 77.3 cm³/mol. The van der Waals surface area contributed by atoms with Crippen LogP contribution in [0.1, 0.15) is 81.5 Å². The van der Waals surface area contributed by atoms with E-state index in [9.17, 15) is 0 Å². The Labute approximate surface area is 116 Å². The molecule has 1 atom stereocenters. The first kappa shape index (κ1) is 13.0. The average molecular weight is 259 g/mol. The highest BCUT2D eigenvalue weighted by Gasteiger charge is 2.29. The Hall–Kier alpha value is -0.960. The zero-order valence-electron chi connectivity index (χ0n) is 12.4. The van der Waals surface area contributed by atoms with E-state index in [1.165, 1.54) is 50.2 Å². The van der Waals surface area contributed by atoms with Gasteiger partial charge in [-0.05, 0) is 57.7 Å². The highest BCUT2D eigenvalue weighted by Crippen LogP contribution is 2.39. The first-order valence-corrected chi connectivity index (χ1v) is 7.78. The number of likely N-dealkylation sites (tertiary alicyclic amines) is 1. The molecule has 2 fully saturated rings. The van der Waals surface area contributed by atoms with Crippen molar-refractivity contribution in [3.63, 3.8) is 0 Å².